The first-order chi connectivity index (χ1) is 11.7. The fraction of sp³-hybridized carbons (Fsp3) is 0.556. The predicted octanol–water partition coefficient (Wildman–Crippen LogP) is 1.16. The molecule has 1 aromatic carbocycles. The van der Waals surface area contributed by atoms with Crippen LogP contribution in [0.4, 0.5) is 0 Å². The van der Waals surface area contributed by atoms with E-state index in [1.54, 1.807) is 0 Å². The Morgan fingerprint density at radius 2 is 1.76 bits per heavy atom. The minimum Gasteiger partial charge on any atom is -0.375 e. The molecule has 2 heterocycles. The number of nitrogens with zero attached hydrogens (tertiary/aromatic N) is 2. The number of rotatable bonds is 2. The van der Waals surface area contributed by atoms with Crippen molar-refractivity contribution in [2.24, 2.45) is 0 Å². The van der Waals surface area contributed by atoms with Crippen LogP contribution in [0, 0.1) is 0 Å². The highest BCUT2D eigenvalue weighted by Gasteiger charge is 2.33. The molecule has 3 rings (SSSR count). The number of hydrogen-bond donors (Lipinski definition) is 1. The summed E-state index contributed by atoms with van der Waals surface area (Å²) in [6, 6.07) is 9.03. The molecule has 2 saturated heterocycles. The van der Waals surface area contributed by atoms with Gasteiger partial charge in [0.1, 0.15) is 6.04 Å². The fourth-order valence-electron chi connectivity index (χ4n) is 3.31. The van der Waals surface area contributed by atoms with Gasteiger partial charge >= 0.3 is 0 Å². The van der Waals surface area contributed by atoms with E-state index >= 15 is 0 Å². The Hall–Kier alpha value is -1.63. The number of morpholine rings is 1. The normalized spacial score (nSPS) is 24.2. The van der Waals surface area contributed by atoms with Crippen LogP contribution in [0.15, 0.2) is 30.3 Å². The Balaban J connectivity index is 0.00000225. The zero-order valence-corrected chi connectivity index (χ0v) is 15.3. The van der Waals surface area contributed by atoms with Crippen molar-refractivity contribution in [2.75, 3.05) is 39.3 Å². The molecular formula is C18H26ClN3O3. The van der Waals surface area contributed by atoms with Gasteiger partial charge in [-0.3, -0.25) is 9.59 Å². The zero-order chi connectivity index (χ0) is 16.9. The number of carbonyl (C=O) groups is 2. The van der Waals surface area contributed by atoms with E-state index in [1.807, 2.05) is 47.1 Å². The van der Waals surface area contributed by atoms with Crippen LogP contribution in [0.2, 0.25) is 0 Å². The van der Waals surface area contributed by atoms with Gasteiger partial charge in [0, 0.05) is 38.3 Å². The smallest absolute Gasteiger partial charge is 0.253 e. The van der Waals surface area contributed by atoms with E-state index in [0.717, 1.165) is 6.42 Å². The molecule has 0 bridgehead atoms. The lowest BCUT2D eigenvalue weighted by Gasteiger charge is -2.33. The third-order valence-electron chi connectivity index (χ3n) is 4.70. The van der Waals surface area contributed by atoms with Gasteiger partial charge in [-0.2, -0.15) is 0 Å². The molecule has 1 N–H and O–H groups in total. The van der Waals surface area contributed by atoms with E-state index in [1.165, 1.54) is 0 Å². The summed E-state index contributed by atoms with van der Waals surface area (Å²) in [7, 11) is 0. The second-order valence-electron chi connectivity index (χ2n) is 6.34. The van der Waals surface area contributed by atoms with Gasteiger partial charge in [-0.25, -0.2) is 0 Å². The standard InChI is InChI=1S/C18H25N3O3.ClH/c1-14-16(19-8-13-24-14)18(23)21-10-5-9-20(11-12-21)17(22)15-6-3-2-4-7-15;/h2-4,6-7,14,16,19H,5,8-13H2,1H3;1H/t14-,16+;/m1./s1. The van der Waals surface area contributed by atoms with E-state index in [4.69, 9.17) is 4.74 Å². The number of carbonyl (C=O) groups excluding carboxylic acids is 2. The highest BCUT2D eigenvalue weighted by atomic mass is 35.5. The molecule has 2 amide bonds. The van der Waals surface area contributed by atoms with Crippen molar-refractivity contribution in [3.8, 4) is 0 Å². The van der Waals surface area contributed by atoms with E-state index in [-0.39, 0.29) is 36.4 Å². The van der Waals surface area contributed by atoms with Crippen LogP contribution < -0.4 is 5.32 Å². The molecular weight excluding hydrogens is 342 g/mol. The first kappa shape index (κ1) is 19.7. The molecule has 2 aliphatic heterocycles. The molecule has 7 heteroatoms. The number of halogens is 1. The Labute approximate surface area is 154 Å². The topological polar surface area (TPSA) is 61.9 Å². The summed E-state index contributed by atoms with van der Waals surface area (Å²) in [6.07, 6.45) is 0.684. The third kappa shape index (κ3) is 4.71. The van der Waals surface area contributed by atoms with Gasteiger partial charge in [-0.15, -0.1) is 12.4 Å². The lowest BCUT2D eigenvalue weighted by molar-refractivity contribution is -0.139. The Bertz CT molecular complexity index is 584. The number of ether oxygens (including phenoxy) is 1. The highest BCUT2D eigenvalue weighted by molar-refractivity contribution is 5.94. The number of benzene rings is 1. The van der Waals surface area contributed by atoms with Crippen LogP contribution in [0.5, 0.6) is 0 Å². The second kappa shape index (κ2) is 9.17. The average Bonchev–Trinajstić information content (AvgIpc) is 2.88. The lowest BCUT2D eigenvalue weighted by atomic mass is 10.1. The van der Waals surface area contributed by atoms with Crippen LogP contribution in [0.3, 0.4) is 0 Å². The van der Waals surface area contributed by atoms with Gasteiger partial charge in [-0.05, 0) is 25.5 Å². The summed E-state index contributed by atoms with van der Waals surface area (Å²) in [6.45, 7) is 5.78. The molecule has 2 atom stereocenters. The summed E-state index contributed by atoms with van der Waals surface area (Å²) >= 11 is 0. The van der Waals surface area contributed by atoms with Crippen molar-refractivity contribution in [1.82, 2.24) is 15.1 Å². The molecule has 0 radical (unpaired) electrons. The zero-order valence-electron chi connectivity index (χ0n) is 14.5. The van der Waals surface area contributed by atoms with Crippen LogP contribution >= 0.6 is 12.4 Å². The minimum atomic E-state index is -0.282. The van der Waals surface area contributed by atoms with Crippen LogP contribution in [0.1, 0.15) is 23.7 Å². The molecule has 2 fully saturated rings. The fourth-order valence-corrected chi connectivity index (χ4v) is 3.31. The van der Waals surface area contributed by atoms with E-state index < -0.39 is 0 Å². The first-order valence-electron chi connectivity index (χ1n) is 8.65. The van der Waals surface area contributed by atoms with Gasteiger partial charge in [0.05, 0.1) is 12.7 Å². The largest absolute Gasteiger partial charge is 0.375 e. The quantitative estimate of drug-likeness (QED) is 0.852. The molecule has 0 aliphatic carbocycles. The highest BCUT2D eigenvalue weighted by Crippen LogP contribution is 2.13. The number of amides is 2. The average molecular weight is 368 g/mol. The summed E-state index contributed by atoms with van der Waals surface area (Å²) in [5, 5.41) is 3.25. The molecule has 25 heavy (non-hydrogen) atoms. The van der Waals surface area contributed by atoms with Crippen molar-refractivity contribution in [3.63, 3.8) is 0 Å². The van der Waals surface area contributed by atoms with Crippen molar-refractivity contribution in [1.29, 1.82) is 0 Å². The third-order valence-corrected chi connectivity index (χ3v) is 4.70. The van der Waals surface area contributed by atoms with Gasteiger partial charge in [0.15, 0.2) is 0 Å². The van der Waals surface area contributed by atoms with Crippen molar-refractivity contribution < 1.29 is 14.3 Å². The Morgan fingerprint density at radius 3 is 2.48 bits per heavy atom. The predicted molar refractivity (Wildman–Crippen MR) is 98.0 cm³/mol. The maximum Gasteiger partial charge on any atom is 0.253 e. The first-order valence-corrected chi connectivity index (χ1v) is 8.65. The second-order valence-corrected chi connectivity index (χ2v) is 6.34. The molecule has 1 aromatic rings. The molecule has 6 nitrogen and oxygen atoms in total. The molecule has 0 unspecified atom stereocenters. The molecule has 0 aromatic heterocycles. The van der Waals surface area contributed by atoms with E-state index in [9.17, 15) is 9.59 Å². The minimum absolute atomic E-state index is 0. The van der Waals surface area contributed by atoms with E-state index in [2.05, 4.69) is 5.32 Å². The van der Waals surface area contributed by atoms with E-state index in [0.29, 0.717) is 44.9 Å². The number of nitrogens with one attached hydrogen (secondary N) is 1. The monoisotopic (exact) mass is 367 g/mol. The maximum atomic E-state index is 12.7. The molecule has 2 aliphatic rings. The Kier molecular flexibility index (Phi) is 7.23. The van der Waals surface area contributed by atoms with Crippen molar-refractivity contribution in [2.45, 2.75) is 25.5 Å². The van der Waals surface area contributed by atoms with Crippen LogP contribution in [-0.2, 0) is 9.53 Å². The SMILES string of the molecule is C[C@H]1OCCN[C@@H]1C(=O)N1CCCN(C(=O)c2ccccc2)CC1.Cl. The Morgan fingerprint density at radius 1 is 1.08 bits per heavy atom. The lowest BCUT2D eigenvalue weighted by Crippen LogP contribution is -2.56. The van der Waals surface area contributed by atoms with Crippen molar-refractivity contribution >= 4 is 24.2 Å². The molecule has 138 valence electrons. The summed E-state index contributed by atoms with van der Waals surface area (Å²) in [5.41, 5.74) is 0.702. The molecule has 0 saturated carbocycles. The van der Waals surface area contributed by atoms with Crippen LogP contribution in [0.25, 0.3) is 0 Å². The maximum absolute atomic E-state index is 12.7. The van der Waals surface area contributed by atoms with Crippen LogP contribution in [-0.4, -0.2) is 73.1 Å². The van der Waals surface area contributed by atoms with Gasteiger partial charge in [0.2, 0.25) is 5.91 Å². The van der Waals surface area contributed by atoms with Crippen molar-refractivity contribution in [3.05, 3.63) is 35.9 Å². The van der Waals surface area contributed by atoms with Gasteiger partial charge < -0.3 is 19.9 Å². The summed E-state index contributed by atoms with van der Waals surface area (Å²) in [4.78, 5) is 29.0. The number of hydrogen-bond acceptors (Lipinski definition) is 4. The summed E-state index contributed by atoms with van der Waals surface area (Å²) in [5.74, 6) is 0.119. The van der Waals surface area contributed by atoms with Gasteiger partial charge in [0.25, 0.3) is 5.91 Å². The van der Waals surface area contributed by atoms with Gasteiger partial charge in [-0.1, -0.05) is 18.2 Å². The molecule has 0 spiro atoms. The summed E-state index contributed by atoms with van der Waals surface area (Å²) < 4.78 is 5.58.